The summed E-state index contributed by atoms with van der Waals surface area (Å²) < 4.78 is 34.5. The van der Waals surface area contributed by atoms with Crippen LogP contribution >= 0.6 is 11.6 Å². The molecule has 2 atom stereocenters. The third-order valence-corrected chi connectivity index (χ3v) is 7.10. The van der Waals surface area contributed by atoms with Gasteiger partial charge in [-0.05, 0) is 81.1 Å². The van der Waals surface area contributed by atoms with E-state index in [4.69, 9.17) is 21.3 Å². The van der Waals surface area contributed by atoms with Gasteiger partial charge in [-0.15, -0.1) is 0 Å². The molecule has 2 aromatic carbocycles. The second-order valence-electron chi connectivity index (χ2n) is 10.7. The molecule has 8 heteroatoms. The summed E-state index contributed by atoms with van der Waals surface area (Å²) in [7, 11) is 0. The van der Waals surface area contributed by atoms with E-state index in [0.717, 1.165) is 22.8 Å². The first-order valence-corrected chi connectivity index (χ1v) is 12.5. The topological polar surface area (TPSA) is 62.7 Å². The molecule has 0 aliphatic carbocycles. The number of benzene rings is 2. The number of fused-ring (bicyclic) bond motifs is 1. The highest BCUT2D eigenvalue weighted by molar-refractivity contribution is 6.30. The van der Waals surface area contributed by atoms with Crippen molar-refractivity contribution in [3.8, 4) is 11.1 Å². The molecule has 5 nitrogen and oxygen atoms in total. The fraction of sp³-hybridized carbons (Fsp3) is 0.379. The highest BCUT2D eigenvalue weighted by Gasteiger charge is 2.51. The van der Waals surface area contributed by atoms with Gasteiger partial charge < -0.3 is 14.7 Å². The maximum atomic E-state index is 14.1. The van der Waals surface area contributed by atoms with E-state index in [9.17, 15) is 18.7 Å². The first-order chi connectivity index (χ1) is 17.2. The first kappa shape index (κ1) is 27.0. The van der Waals surface area contributed by atoms with Gasteiger partial charge in [0, 0.05) is 28.7 Å². The Balaban J connectivity index is 2.00. The molecule has 2 heterocycles. The van der Waals surface area contributed by atoms with Crippen LogP contribution in [0.4, 0.5) is 14.6 Å². The minimum absolute atomic E-state index is 0.198. The van der Waals surface area contributed by atoms with Gasteiger partial charge in [0.25, 0.3) is 0 Å². The second kappa shape index (κ2) is 9.69. The minimum Gasteiger partial charge on any atom is -0.481 e. The van der Waals surface area contributed by atoms with Crippen LogP contribution in [0.2, 0.25) is 5.02 Å². The minimum atomic E-state index is -0.960. The van der Waals surface area contributed by atoms with Gasteiger partial charge >= 0.3 is 5.97 Å². The van der Waals surface area contributed by atoms with Crippen molar-refractivity contribution in [3.05, 3.63) is 81.5 Å². The molecule has 1 aliphatic rings. The Morgan fingerprint density at radius 2 is 1.81 bits per heavy atom. The highest BCUT2D eigenvalue weighted by Crippen LogP contribution is 2.54. The second-order valence-corrected chi connectivity index (χ2v) is 11.1. The molecule has 1 aromatic heterocycles. The van der Waals surface area contributed by atoms with Gasteiger partial charge in [-0.1, -0.05) is 36.7 Å². The predicted octanol–water partition coefficient (Wildman–Crippen LogP) is 7.27. The smallest absolute Gasteiger partial charge is 0.307 e. The molecule has 0 fully saturated rings. The number of carboxylic acid groups (broad SMARTS) is 1. The van der Waals surface area contributed by atoms with Gasteiger partial charge in [0.2, 0.25) is 0 Å². The third kappa shape index (κ3) is 5.20. The zero-order valence-electron chi connectivity index (χ0n) is 21.8. The SMILES string of the molecule is Cc1nc2c(c(-c3ccc(Cl)cc3)c1CC(=O)O)C(C)C(C)(OC(C)(C)C)N2Cc1ccc(F)c(F)c1. The number of halogens is 3. The van der Waals surface area contributed by atoms with Gasteiger partial charge in [-0.2, -0.15) is 0 Å². The largest absolute Gasteiger partial charge is 0.481 e. The number of carbonyl (C=O) groups is 1. The fourth-order valence-corrected chi connectivity index (χ4v) is 5.33. The molecule has 3 aromatic rings. The van der Waals surface area contributed by atoms with Crippen molar-refractivity contribution in [2.24, 2.45) is 0 Å². The van der Waals surface area contributed by atoms with Crippen LogP contribution in [0.1, 0.15) is 62.9 Å². The Hall–Kier alpha value is -3.03. The lowest BCUT2D eigenvalue weighted by atomic mass is 9.85. The molecule has 4 rings (SSSR count). The van der Waals surface area contributed by atoms with E-state index in [-0.39, 0.29) is 18.9 Å². The van der Waals surface area contributed by atoms with Crippen molar-refractivity contribution in [3.63, 3.8) is 0 Å². The number of anilines is 1. The lowest BCUT2D eigenvalue weighted by Crippen LogP contribution is -2.51. The number of carboxylic acids is 1. The lowest BCUT2D eigenvalue weighted by molar-refractivity contribution is -0.136. The summed E-state index contributed by atoms with van der Waals surface area (Å²) in [5, 5.41) is 10.3. The average molecular weight is 529 g/mol. The summed E-state index contributed by atoms with van der Waals surface area (Å²) in [6.45, 7) is 11.9. The molecular formula is C29H31ClF2N2O3. The molecule has 0 radical (unpaired) electrons. The Bertz CT molecular complexity index is 1350. The molecule has 0 saturated carbocycles. The molecule has 0 bridgehead atoms. The molecule has 0 spiro atoms. The Morgan fingerprint density at radius 1 is 1.16 bits per heavy atom. The zero-order chi connectivity index (χ0) is 27.3. The zero-order valence-corrected chi connectivity index (χ0v) is 22.6. The third-order valence-electron chi connectivity index (χ3n) is 6.85. The number of aryl methyl sites for hydroxylation is 1. The van der Waals surface area contributed by atoms with Crippen molar-refractivity contribution in [2.45, 2.75) is 71.8 Å². The predicted molar refractivity (Wildman–Crippen MR) is 141 cm³/mol. The number of ether oxygens (including phenoxy) is 1. The molecule has 196 valence electrons. The molecular weight excluding hydrogens is 498 g/mol. The number of rotatable bonds is 6. The summed E-state index contributed by atoms with van der Waals surface area (Å²) in [4.78, 5) is 18.7. The van der Waals surface area contributed by atoms with Gasteiger partial charge in [0.1, 0.15) is 11.5 Å². The van der Waals surface area contributed by atoms with E-state index < -0.39 is 28.9 Å². The molecule has 0 saturated heterocycles. The maximum absolute atomic E-state index is 14.1. The van der Waals surface area contributed by atoms with E-state index in [1.807, 2.05) is 51.7 Å². The van der Waals surface area contributed by atoms with Crippen molar-refractivity contribution in [1.82, 2.24) is 4.98 Å². The number of hydrogen-bond acceptors (Lipinski definition) is 4. The van der Waals surface area contributed by atoms with E-state index in [1.165, 1.54) is 6.07 Å². The number of nitrogens with zero attached hydrogens (tertiary/aromatic N) is 2. The summed E-state index contributed by atoms with van der Waals surface area (Å²) in [5.41, 5.74) is 2.74. The van der Waals surface area contributed by atoms with Crippen molar-refractivity contribution in [2.75, 3.05) is 4.90 Å². The van der Waals surface area contributed by atoms with Gasteiger partial charge in [-0.3, -0.25) is 4.79 Å². The van der Waals surface area contributed by atoms with Gasteiger partial charge in [0.05, 0.1) is 12.0 Å². The van der Waals surface area contributed by atoms with Gasteiger partial charge in [0.15, 0.2) is 11.6 Å². The van der Waals surface area contributed by atoms with Crippen LogP contribution in [-0.4, -0.2) is 27.4 Å². The van der Waals surface area contributed by atoms with Crippen LogP contribution in [0.5, 0.6) is 0 Å². The molecule has 0 amide bonds. The lowest BCUT2D eigenvalue weighted by Gasteiger charge is -2.43. The van der Waals surface area contributed by atoms with Crippen LogP contribution in [0.15, 0.2) is 42.5 Å². The Kier molecular flexibility index (Phi) is 7.08. The summed E-state index contributed by atoms with van der Waals surface area (Å²) >= 11 is 6.16. The average Bonchev–Trinajstić information content (AvgIpc) is 2.97. The van der Waals surface area contributed by atoms with E-state index in [1.54, 1.807) is 25.1 Å². The van der Waals surface area contributed by atoms with Gasteiger partial charge in [-0.25, -0.2) is 13.8 Å². The number of hydrogen-bond donors (Lipinski definition) is 1. The molecule has 1 N–H and O–H groups in total. The van der Waals surface area contributed by atoms with Crippen LogP contribution in [0, 0.1) is 18.6 Å². The van der Waals surface area contributed by atoms with Crippen LogP contribution in [0.3, 0.4) is 0 Å². The fourth-order valence-electron chi connectivity index (χ4n) is 5.20. The summed E-state index contributed by atoms with van der Waals surface area (Å²) in [6, 6.07) is 11.1. The number of aliphatic carboxylic acids is 1. The van der Waals surface area contributed by atoms with Crippen LogP contribution < -0.4 is 4.90 Å². The summed E-state index contributed by atoms with van der Waals surface area (Å²) in [6.07, 6.45) is -0.198. The number of aromatic nitrogens is 1. The van der Waals surface area contributed by atoms with Crippen molar-refractivity contribution in [1.29, 1.82) is 0 Å². The summed E-state index contributed by atoms with van der Waals surface area (Å²) in [5.74, 6) is -2.42. The van der Waals surface area contributed by atoms with E-state index in [0.29, 0.717) is 27.7 Å². The van der Waals surface area contributed by atoms with E-state index in [2.05, 4.69) is 0 Å². The maximum Gasteiger partial charge on any atom is 0.307 e. The quantitative estimate of drug-likeness (QED) is 0.364. The normalized spacial score (nSPS) is 19.3. The molecule has 2 unspecified atom stereocenters. The van der Waals surface area contributed by atoms with E-state index >= 15 is 0 Å². The standard InChI is InChI=1S/C29H31ClF2N2O3/c1-16-25-26(19-8-10-20(30)11-9-19)21(14-24(35)36)17(2)33-27(25)34(29(16,6)37-28(3,4)5)15-18-7-12-22(31)23(32)13-18/h7-13,16H,14-15H2,1-6H3,(H,35,36). The van der Waals surface area contributed by atoms with Crippen LogP contribution in [-0.2, 0) is 22.5 Å². The first-order valence-electron chi connectivity index (χ1n) is 12.1. The Morgan fingerprint density at radius 3 is 2.38 bits per heavy atom. The molecule has 1 aliphatic heterocycles. The van der Waals surface area contributed by atoms with Crippen LogP contribution in [0.25, 0.3) is 11.1 Å². The number of pyridine rings is 1. The monoisotopic (exact) mass is 528 g/mol. The highest BCUT2D eigenvalue weighted by atomic mass is 35.5. The van der Waals surface area contributed by atoms with Crippen molar-refractivity contribution < 1.29 is 23.4 Å². The Labute approximate surface area is 221 Å². The molecule has 37 heavy (non-hydrogen) atoms. The van der Waals surface area contributed by atoms with Crippen molar-refractivity contribution >= 4 is 23.4 Å².